The molecule has 15 heteroatoms. The predicted molar refractivity (Wildman–Crippen MR) is 101 cm³/mol. The molecule has 3 heterocycles. The number of tetrazole rings is 2. The first kappa shape index (κ1) is 20.9. The molecule has 1 atom stereocenters. The molecule has 0 bridgehead atoms. The number of pyridine rings is 1. The average molecular weight is 444 g/mol. The number of hydrogen-bond acceptors (Lipinski definition) is 10. The molecule has 0 aliphatic rings. The Morgan fingerprint density at radius 2 is 2.06 bits per heavy atom. The molecule has 4 aromatic rings. The van der Waals surface area contributed by atoms with Crippen molar-refractivity contribution in [2.24, 2.45) is 5.73 Å². The highest BCUT2D eigenvalue weighted by molar-refractivity contribution is 5.67. The number of hydrogen-bond donors (Lipinski definition) is 3. The van der Waals surface area contributed by atoms with Gasteiger partial charge in [0.25, 0.3) is 5.88 Å². The van der Waals surface area contributed by atoms with Gasteiger partial charge in [0.05, 0.1) is 18.5 Å². The van der Waals surface area contributed by atoms with Gasteiger partial charge in [0.15, 0.2) is 5.82 Å². The fraction of sp³-hybridized carbons (Fsp3) is 0.176. The van der Waals surface area contributed by atoms with Gasteiger partial charge in [0, 0.05) is 23.9 Å². The van der Waals surface area contributed by atoms with E-state index in [1.54, 1.807) is 0 Å². The van der Waals surface area contributed by atoms with Crippen molar-refractivity contribution in [1.29, 1.82) is 0 Å². The van der Waals surface area contributed by atoms with E-state index in [-0.39, 0.29) is 47.4 Å². The molecule has 0 aliphatic heterocycles. The van der Waals surface area contributed by atoms with Crippen molar-refractivity contribution in [3.63, 3.8) is 0 Å². The summed E-state index contributed by atoms with van der Waals surface area (Å²) in [6, 6.07) is 4.09. The second-order valence-corrected chi connectivity index (χ2v) is 6.52. The number of carboxylic acids is 1. The number of halogens is 2. The summed E-state index contributed by atoms with van der Waals surface area (Å²) in [5.41, 5.74) is 5.97. The lowest BCUT2D eigenvalue weighted by Gasteiger charge is -2.08. The van der Waals surface area contributed by atoms with E-state index >= 15 is 0 Å². The molecule has 3 aromatic heterocycles. The molecule has 32 heavy (non-hydrogen) atoms. The van der Waals surface area contributed by atoms with E-state index in [2.05, 4.69) is 41.0 Å². The van der Waals surface area contributed by atoms with E-state index in [4.69, 9.17) is 15.6 Å². The van der Waals surface area contributed by atoms with Gasteiger partial charge in [-0.1, -0.05) is 0 Å². The number of nitrogens with two attached hydrogens (primary N) is 1. The molecule has 0 aliphatic carbocycles. The van der Waals surface area contributed by atoms with Gasteiger partial charge in [-0.05, 0) is 28.6 Å². The maximum absolute atomic E-state index is 14.6. The normalized spacial score (nSPS) is 12.0. The molecule has 4 rings (SSSR count). The fourth-order valence-corrected chi connectivity index (χ4v) is 2.69. The fourth-order valence-electron chi connectivity index (χ4n) is 2.69. The maximum Gasteiger partial charge on any atom is 0.304 e. The van der Waals surface area contributed by atoms with Crippen LogP contribution in [0.5, 0.6) is 11.6 Å². The molecule has 0 saturated heterocycles. The molecule has 1 aromatic carbocycles. The zero-order valence-corrected chi connectivity index (χ0v) is 16.1. The van der Waals surface area contributed by atoms with Crippen LogP contribution in [0.4, 0.5) is 8.78 Å². The Kier molecular flexibility index (Phi) is 5.71. The minimum atomic E-state index is -1.06. The SMILES string of the molecule is NC(CC(=O)O)Cn1nnc(-c2ccc(Oc3ncc(-c4nn[nH]n4)cc3F)cc2F)n1. The molecule has 0 fully saturated rings. The molecule has 0 spiro atoms. The Balaban J connectivity index is 1.48. The number of aliphatic carboxylic acids is 1. The molecule has 0 radical (unpaired) electrons. The lowest BCUT2D eigenvalue weighted by Crippen LogP contribution is -2.30. The lowest BCUT2D eigenvalue weighted by molar-refractivity contribution is -0.137. The summed E-state index contributed by atoms with van der Waals surface area (Å²) < 4.78 is 34.2. The molecule has 4 N–H and O–H groups in total. The van der Waals surface area contributed by atoms with Gasteiger partial charge in [-0.2, -0.15) is 10.0 Å². The minimum Gasteiger partial charge on any atom is -0.481 e. The first-order valence-corrected chi connectivity index (χ1v) is 9.01. The first-order chi connectivity index (χ1) is 15.4. The number of carbonyl (C=O) groups is 1. The van der Waals surface area contributed by atoms with Gasteiger partial charge in [0.2, 0.25) is 11.6 Å². The number of carboxylic acid groups (broad SMARTS) is 1. The van der Waals surface area contributed by atoms with E-state index in [1.165, 1.54) is 18.3 Å². The summed E-state index contributed by atoms with van der Waals surface area (Å²) in [6.07, 6.45) is 1.00. The summed E-state index contributed by atoms with van der Waals surface area (Å²) in [6.45, 7) is -0.00703. The first-order valence-electron chi connectivity index (χ1n) is 9.01. The third-order valence-corrected chi connectivity index (χ3v) is 4.09. The molecule has 1 unspecified atom stereocenters. The van der Waals surface area contributed by atoms with Crippen molar-refractivity contribution in [1.82, 2.24) is 45.8 Å². The molecular formula is C17H14F2N10O3. The van der Waals surface area contributed by atoms with Gasteiger partial charge in [0.1, 0.15) is 11.6 Å². The average Bonchev–Trinajstić information content (AvgIpc) is 3.41. The molecule has 0 amide bonds. The number of ether oxygens (including phenoxy) is 1. The van der Waals surface area contributed by atoms with E-state index in [0.29, 0.717) is 0 Å². The quantitative estimate of drug-likeness (QED) is 0.349. The van der Waals surface area contributed by atoms with Crippen LogP contribution in [0.1, 0.15) is 6.42 Å². The largest absolute Gasteiger partial charge is 0.481 e. The zero-order chi connectivity index (χ0) is 22.7. The number of benzene rings is 1. The number of H-pyrrole nitrogens is 1. The van der Waals surface area contributed by atoms with Crippen LogP contribution in [0.15, 0.2) is 30.5 Å². The summed E-state index contributed by atoms with van der Waals surface area (Å²) >= 11 is 0. The van der Waals surface area contributed by atoms with Crippen LogP contribution in [0.3, 0.4) is 0 Å². The smallest absolute Gasteiger partial charge is 0.304 e. The second kappa shape index (κ2) is 8.76. The van der Waals surface area contributed by atoms with Crippen molar-refractivity contribution in [3.05, 3.63) is 42.1 Å². The summed E-state index contributed by atoms with van der Waals surface area (Å²) in [5.74, 6) is -2.88. The number of aromatic nitrogens is 9. The van der Waals surface area contributed by atoms with E-state index < -0.39 is 23.6 Å². The Hall–Kier alpha value is -4.40. The maximum atomic E-state index is 14.6. The second-order valence-electron chi connectivity index (χ2n) is 6.52. The van der Waals surface area contributed by atoms with Crippen LogP contribution >= 0.6 is 0 Å². The van der Waals surface area contributed by atoms with Crippen LogP contribution in [-0.2, 0) is 11.3 Å². The van der Waals surface area contributed by atoms with Crippen LogP contribution in [0, 0.1) is 11.6 Å². The van der Waals surface area contributed by atoms with Gasteiger partial charge in [-0.3, -0.25) is 4.79 Å². The number of nitrogens with one attached hydrogen (secondary N) is 1. The summed E-state index contributed by atoms with van der Waals surface area (Å²) in [7, 11) is 0. The molecular weight excluding hydrogens is 430 g/mol. The molecule has 0 saturated carbocycles. The summed E-state index contributed by atoms with van der Waals surface area (Å²) in [5, 5.41) is 33.3. The van der Waals surface area contributed by atoms with Gasteiger partial charge in [-0.25, -0.2) is 13.8 Å². The van der Waals surface area contributed by atoms with Crippen molar-refractivity contribution < 1.29 is 23.4 Å². The Morgan fingerprint density at radius 3 is 2.75 bits per heavy atom. The number of rotatable bonds is 8. The highest BCUT2D eigenvalue weighted by Gasteiger charge is 2.17. The van der Waals surface area contributed by atoms with Crippen LogP contribution in [-0.4, -0.2) is 62.9 Å². The van der Waals surface area contributed by atoms with Crippen LogP contribution in [0.25, 0.3) is 22.8 Å². The monoisotopic (exact) mass is 444 g/mol. The highest BCUT2D eigenvalue weighted by atomic mass is 19.1. The Bertz CT molecular complexity index is 1250. The molecule has 164 valence electrons. The Morgan fingerprint density at radius 1 is 1.22 bits per heavy atom. The van der Waals surface area contributed by atoms with Gasteiger partial charge in [-0.15, -0.1) is 20.4 Å². The topological polar surface area (TPSA) is 184 Å². The predicted octanol–water partition coefficient (Wildman–Crippen LogP) is 0.788. The lowest BCUT2D eigenvalue weighted by atomic mass is 10.2. The van der Waals surface area contributed by atoms with Crippen molar-refractivity contribution in [3.8, 4) is 34.4 Å². The highest BCUT2D eigenvalue weighted by Crippen LogP contribution is 2.28. The van der Waals surface area contributed by atoms with Crippen molar-refractivity contribution >= 4 is 5.97 Å². The van der Waals surface area contributed by atoms with Crippen molar-refractivity contribution in [2.75, 3.05) is 0 Å². The number of aromatic amines is 1. The van der Waals surface area contributed by atoms with E-state index in [9.17, 15) is 13.6 Å². The molecule has 13 nitrogen and oxygen atoms in total. The number of nitrogens with zero attached hydrogens (tertiary/aromatic N) is 8. The van der Waals surface area contributed by atoms with Gasteiger partial charge < -0.3 is 15.6 Å². The van der Waals surface area contributed by atoms with Crippen LogP contribution < -0.4 is 10.5 Å². The summed E-state index contributed by atoms with van der Waals surface area (Å²) in [4.78, 5) is 15.6. The zero-order valence-electron chi connectivity index (χ0n) is 16.1. The standard InChI is InChI=1S/C17H14F2N10O3/c18-12-5-10(32-17-13(19)3-8(6-21-17)15-22-26-27-23-15)1-2-11(12)16-24-28-29(25-16)7-9(20)4-14(30)31/h1-3,5-6,9H,4,7,20H2,(H,30,31)(H,22,23,26,27). The third-order valence-electron chi connectivity index (χ3n) is 4.09. The minimum absolute atomic E-state index is 0.00703. The van der Waals surface area contributed by atoms with Crippen LogP contribution in [0.2, 0.25) is 0 Å². The van der Waals surface area contributed by atoms with Gasteiger partial charge >= 0.3 is 5.97 Å². The third kappa shape index (κ3) is 4.67. The van der Waals surface area contributed by atoms with E-state index in [1.807, 2.05) is 0 Å². The van der Waals surface area contributed by atoms with Crippen molar-refractivity contribution in [2.45, 2.75) is 19.0 Å². The Labute approximate surface area is 177 Å². The van der Waals surface area contributed by atoms with E-state index in [0.717, 1.165) is 16.9 Å².